The van der Waals surface area contributed by atoms with Crippen LogP contribution in [-0.4, -0.2) is 32.4 Å². The lowest BCUT2D eigenvalue weighted by atomic mass is 10.1. The highest BCUT2D eigenvalue weighted by atomic mass is 79.9. The predicted octanol–water partition coefficient (Wildman–Crippen LogP) is 2.60. The average Bonchev–Trinajstić information content (AvgIpc) is 2.38. The molecule has 0 aromatic heterocycles. The van der Waals surface area contributed by atoms with Crippen molar-refractivity contribution in [1.82, 2.24) is 5.32 Å². The van der Waals surface area contributed by atoms with Gasteiger partial charge in [0, 0.05) is 23.7 Å². The minimum Gasteiger partial charge on any atom is -0.492 e. The molecule has 0 radical (unpaired) electrons. The van der Waals surface area contributed by atoms with Gasteiger partial charge in [0.15, 0.2) is 0 Å². The first-order chi connectivity index (χ1) is 8.34. The first kappa shape index (κ1) is 12.9. The van der Waals surface area contributed by atoms with E-state index in [-0.39, 0.29) is 0 Å². The molecular formula is C13H18BrNO2. The minimum atomic E-state index is 0.497. The summed E-state index contributed by atoms with van der Waals surface area (Å²) in [5.74, 6) is 0.912. The molecule has 0 spiro atoms. The van der Waals surface area contributed by atoms with Crippen LogP contribution in [0.15, 0.2) is 28.7 Å². The molecule has 1 saturated heterocycles. The maximum absolute atomic E-state index is 5.63. The highest BCUT2D eigenvalue weighted by Gasteiger charge is 2.12. The van der Waals surface area contributed by atoms with Crippen LogP contribution in [0.25, 0.3) is 0 Å². The van der Waals surface area contributed by atoms with E-state index in [1.165, 1.54) is 6.42 Å². The lowest BCUT2D eigenvalue weighted by molar-refractivity contribution is 0.0693. The molecule has 4 heteroatoms. The lowest BCUT2D eigenvalue weighted by Crippen LogP contribution is -2.38. The summed E-state index contributed by atoms with van der Waals surface area (Å²) in [5.41, 5.74) is 0. The Morgan fingerprint density at radius 2 is 2.18 bits per heavy atom. The van der Waals surface area contributed by atoms with E-state index in [4.69, 9.17) is 9.47 Å². The van der Waals surface area contributed by atoms with E-state index in [9.17, 15) is 0 Å². The van der Waals surface area contributed by atoms with Gasteiger partial charge in [-0.2, -0.15) is 0 Å². The van der Waals surface area contributed by atoms with E-state index >= 15 is 0 Å². The van der Waals surface area contributed by atoms with Crippen LogP contribution in [-0.2, 0) is 4.74 Å². The number of rotatable bonds is 5. The Morgan fingerprint density at radius 1 is 1.35 bits per heavy atom. The summed E-state index contributed by atoms with van der Waals surface area (Å²) in [6, 6.07) is 8.40. The van der Waals surface area contributed by atoms with Crippen LogP contribution in [0.4, 0.5) is 0 Å². The summed E-state index contributed by atoms with van der Waals surface area (Å²) in [6.45, 7) is 3.30. The van der Waals surface area contributed by atoms with Gasteiger partial charge in [-0.1, -0.05) is 15.9 Å². The number of hydrogen-bond donors (Lipinski definition) is 1. The van der Waals surface area contributed by atoms with E-state index in [1.807, 2.05) is 24.3 Å². The Kier molecular flexibility index (Phi) is 5.29. The maximum atomic E-state index is 5.63. The molecule has 0 aliphatic carbocycles. The van der Waals surface area contributed by atoms with Crippen molar-refractivity contribution in [3.63, 3.8) is 0 Å². The van der Waals surface area contributed by atoms with Gasteiger partial charge >= 0.3 is 0 Å². The molecule has 1 aliphatic heterocycles. The summed E-state index contributed by atoms with van der Waals surface area (Å²) in [5, 5.41) is 3.44. The zero-order chi connectivity index (χ0) is 11.9. The van der Waals surface area contributed by atoms with Crippen LogP contribution in [0, 0.1) is 0 Å². The van der Waals surface area contributed by atoms with E-state index < -0.39 is 0 Å². The highest BCUT2D eigenvalue weighted by Crippen LogP contribution is 2.15. The molecule has 0 amide bonds. The van der Waals surface area contributed by atoms with Gasteiger partial charge in [-0.05, 0) is 37.1 Å². The first-order valence-electron chi connectivity index (χ1n) is 6.04. The second-order valence-electron chi connectivity index (χ2n) is 4.17. The van der Waals surface area contributed by atoms with Crippen molar-refractivity contribution in [3.8, 4) is 5.75 Å². The van der Waals surface area contributed by atoms with Gasteiger partial charge < -0.3 is 14.8 Å². The third kappa shape index (κ3) is 4.66. The van der Waals surface area contributed by atoms with Crippen molar-refractivity contribution in [2.45, 2.75) is 18.9 Å². The van der Waals surface area contributed by atoms with Crippen LogP contribution >= 0.6 is 15.9 Å². The molecule has 1 N–H and O–H groups in total. The van der Waals surface area contributed by atoms with Crippen LogP contribution < -0.4 is 10.1 Å². The minimum absolute atomic E-state index is 0.497. The number of halogens is 1. The second-order valence-corrected chi connectivity index (χ2v) is 5.09. The molecule has 1 unspecified atom stereocenters. The Balaban J connectivity index is 1.60. The van der Waals surface area contributed by atoms with Crippen molar-refractivity contribution in [1.29, 1.82) is 0 Å². The predicted molar refractivity (Wildman–Crippen MR) is 71.5 cm³/mol. The molecular weight excluding hydrogens is 282 g/mol. The van der Waals surface area contributed by atoms with Crippen LogP contribution in [0.1, 0.15) is 12.8 Å². The molecule has 2 rings (SSSR count). The lowest BCUT2D eigenvalue weighted by Gasteiger charge is -2.23. The van der Waals surface area contributed by atoms with Crippen molar-refractivity contribution in [3.05, 3.63) is 28.7 Å². The monoisotopic (exact) mass is 299 g/mol. The molecule has 1 aromatic rings. The normalized spacial score (nSPS) is 20.2. The fraction of sp³-hybridized carbons (Fsp3) is 0.538. The van der Waals surface area contributed by atoms with Crippen LogP contribution in [0.5, 0.6) is 5.75 Å². The molecule has 17 heavy (non-hydrogen) atoms. The van der Waals surface area contributed by atoms with Crippen molar-refractivity contribution in [2.24, 2.45) is 0 Å². The molecule has 0 saturated carbocycles. The molecule has 1 heterocycles. The van der Waals surface area contributed by atoms with Gasteiger partial charge in [0.1, 0.15) is 12.4 Å². The first-order valence-corrected chi connectivity index (χ1v) is 6.83. The van der Waals surface area contributed by atoms with Gasteiger partial charge in [-0.3, -0.25) is 0 Å². The van der Waals surface area contributed by atoms with E-state index in [1.54, 1.807) is 0 Å². The van der Waals surface area contributed by atoms with E-state index in [2.05, 4.69) is 21.2 Å². The highest BCUT2D eigenvalue weighted by molar-refractivity contribution is 9.10. The number of nitrogens with one attached hydrogen (secondary N) is 1. The molecule has 1 fully saturated rings. The average molecular weight is 300 g/mol. The SMILES string of the molecule is Brc1ccc(OCCNC2CCCOC2)cc1. The third-order valence-electron chi connectivity index (χ3n) is 2.78. The number of benzene rings is 1. The smallest absolute Gasteiger partial charge is 0.119 e. The molecule has 1 aromatic carbocycles. The maximum Gasteiger partial charge on any atom is 0.119 e. The molecule has 0 bridgehead atoms. The number of ether oxygens (including phenoxy) is 2. The van der Waals surface area contributed by atoms with Crippen LogP contribution in [0.2, 0.25) is 0 Å². The third-order valence-corrected chi connectivity index (χ3v) is 3.31. The van der Waals surface area contributed by atoms with Gasteiger partial charge in [-0.25, -0.2) is 0 Å². The zero-order valence-corrected chi connectivity index (χ0v) is 11.4. The summed E-state index contributed by atoms with van der Waals surface area (Å²) in [7, 11) is 0. The van der Waals surface area contributed by atoms with Gasteiger partial charge in [0.2, 0.25) is 0 Å². The van der Waals surface area contributed by atoms with Gasteiger partial charge in [-0.15, -0.1) is 0 Å². The fourth-order valence-electron chi connectivity index (χ4n) is 1.86. The van der Waals surface area contributed by atoms with E-state index in [0.717, 1.165) is 36.4 Å². The fourth-order valence-corrected chi connectivity index (χ4v) is 2.13. The summed E-state index contributed by atoms with van der Waals surface area (Å²) < 4.78 is 12.1. The summed E-state index contributed by atoms with van der Waals surface area (Å²) >= 11 is 3.40. The largest absolute Gasteiger partial charge is 0.492 e. The molecule has 1 atom stereocenters. The summed E-state index contributed by atoms with van der Waals surface area (Å²) in [6.07, 6.45) is 2.36. The van der Waals surface area contributed by atoms with E-state index in [0.29, 0.717) is 12.6 Å². The molecule has 1 aliphatic rings. The van der Waals surface area contributed by atoms with Gasteiger partial charge in [0.25, 0.3) is 0 Å². The quantitative estimate of drug-likeness (QED) is 0.848. The Bertz CT molecular complexity index is 323. The van der Waals surface area contributed by atoms with Crippen molar-refractivity contribution in [2.75, 3.05) is 26.4 Å². The Hall–Kier alpha value is -0.580. The molecule has 3 nitrogen and oxygen atoms in total. The Morgan fingerprint density at radius 3 is 2.88 bits per heavy atom. The van der Waals surface area contributed by atoms with Crippen molar-refractivity contribution >= 4 is 15.9 Å². The Labute approximate surface area is 111 Å². The topological polar surface area (TPSA) is 30.5 Å². The zero-order valence-electron chi connectivity index (χ0n) is 9.82. The van der Waals surface area contributed by atoms with Gasteiger partial charge in [0.05, 0.1) is 6.61 Å². The standard InChI is InChI=1S/C13H18BrNO2/c14-11-3-5-13(6-4-11)17-9-7-15-12-2-1-8-16-10-12/h3-6,12,15H,1-2,7-10H2. The van der Waals surface area contributed by atoms with Crippen molar-refractivity contribution < 1.29 is 9.47 Å². The second kappa shape index (κ2) is 6.99. The number of hydrogen-bond acceptors (Lipinski definition) is 3. The molecule has 94 valence electrons. The summed E-state index contributed by atoms with van der Waals surface area (Å²) in [4.78, 5) is 0. The van der Waals surface area contributed by atoms with Crippen LogP contribution in [0.3, 0.4) is 0 Å².